The summed E-state index contributed by atoms with van der Waals surface area (Å²) in [4.78, 5) is 0. The molecule has 2 aromatic carbocycles. The smallest absolute Gasteiger partial charge is 0.142 e. The quantitative estimate of drug-likeness (QED) is 0.709. The molecule has 2 aromatic rings. The fraction of sp³-hybridized carbons (Fsp3) is 0.333. The molecule has 3 heteroatoms. The predicted octanol–water partition coefficient (Wildman–Crippen LogP) is 5.69. The average molecular weight is 304 g/mol. The van der Waals surface area contributed by atoms with Gasteiger partial charge in [-0.2, -0.15) is 0 Å². The Morgan fingerprint density at radius 3 is 2.52 bits per heavy atom. The van der Waals surface area contributed by atoms with E-state index in [9.17, 15) is 0 Å². The van der Waals surface area contributed by atoms with Gasteiger partial charge in [-0.1, -0.05) is 55.8 Å². The molecule has 0 heterocycles. The minimum absolute atomic E-state index is 0.244. The van der Waals surface area contributed by atoms with Gasteiger partial charge >= 0.3 is 0 Å². The van der Waals surface area contributed by atoms with Gasteiger partial charge in [0, 0.05) is 5.02 Å². The number of rotatable bonds is 7. The normalized spacial score (nSPS) is 12.0. The van der Waals surface area contributed by atoms with E-state index >= 15 is 0 Å². The van der Waals surface area contributed by atoms with E-state index in [0.29, 0.717) is 11.6 Å². The van der Waals surface area contributed by atoms with Crippen LogP contribution in [0.15, 0.2) is 48.5 Å². The summed E-state index contributed by atoms with van der Waals surface area (Å²) in [5, 5.41) is 4.27. The maximum absolute atomic E-state index is 6.13. The van der Waals surface area contributed by atoms with Crippen LogP contribution in [0.2, 0.25) is 5.02 Å². The summed E-state index contributed by atoms with van der Waals surface area (Å²) in [5.41, 5.74) is 2.22. The number of halogens is 1. The molecule has 0 saturated carbocycles. The molecule has 0 radical (unpaired) electrons. The lowest BCUT2D eigenvalue weighted by Crippen LogP contribution is -2.11. The Kier molecular flexibility index (Phi) is 5.94. The molecule has 0 fully saturated rings. The summed E-state index contributed by atoms with van der Waals surface area (Å²) in [6.07, 6.45) is 1.97. The summed E-state index contributed by atoms with van der Waals surface area (Å²) in [5.74, 6) is 0.857. The first-order valence-electron chi connectivity index (χ1n) is 7.48. The van der Waals surface area contributed by atoms with Gasteiger partial charge < -0.3 is 10.1 Å². The summed E-state index contributed by atoms with van der Waals surface area (Å²) < 4.78 is 5.80. The maximum atomic E-state index is 6.13. The highest BCUT2D eigenvalue weighted by atomic mass is 35.5. The van der Waals surface area contributed by atoms with Crippen LogP contribution in [0.5, 0.6) is 5.75 Å². The molecule has 112 valence electrons. The van der Waals surface area contributed by atoms with E-state index in [2.05, 4.69) is 43.4 Å². The van der Waals surface area contributed by atoms with E-state index < -0.39 is 0 Å². The van der Waals surface area contributed by atoms with Crippen LogP contribution in [-0.2, 0) is 0 Å². The lowest BCUT2D eigenvalue weighted by atomic mass is 10.0. The molecule has 0 aliphatic carbocycles. The Labute approximate surface area is 132 Å². The lowest BCUT2D eigenvalue weighted by Gasteiger charge is -2.21. The first kappa shape index (κ1) is 15.7. The molecule has 2 nitrogen and oxygen atoms in total. The summed E-state index contributed by atoms with van der Waals surface area (Å²) in [6.45, 7) is 4.97. The van der Waals surface area contributed by atoms with Gasteiger partial charge in [-0.3, -0.25) is 0 Å². The summed E-state index contributed by atoms with van der Waals surface area (Å²) in [7, 11) is 0. The molecular formula is C18H22ClNO. The third kappa shape index (κ3) is 4.40. The molecule has 0 bridgehead atoms. The zero-order chi connectivity index (χ0) is 15.1. The fourth-order valence-electron chi connectivity index (χ4n) is 2.25. The van der Waals surface area contributed by atoms with Gasteiger partial charge in [-0.15, -0.1) is 0 Å². The minimum atomic E-state index is 0.244. The monoisotopic (exact) mass is 303 g/mol. The highest BCUT2D eigenvalue weighted by molar-refractivity contribution is 6.30. The third-order valence-electron chi connectivity index (χ3n) is 3.34. The number of nitrogens with one attached hydrogen (secondary N) is 1. The number of hydrogen-bond donors (Lipinski definition) is 1. The van der Waals surface area contributed by atoms with Crippen LogP contribution in [-0.4, -0.2) is 6.61 Å². The maximum Gasteiger partial charge on any atom is 0.142 e. The van der Waals surface area contributed by atoms with Gasteiger partial charge in [0.2, 0.25) is 0 Å². The molecule has 0 aromatic heterocycles. The van der Waals surface area contributed by atoms with Crippen molar-refractivity contribution in [3.63, 3.8) is 0 Å². The minimum Gasteiger partial charge on any atom is -0.491 e. The van der Waals surface area contributed by atoms with Crippen LogP contribution in [0.3, 0.4) is 0 Å². The lowest BCUT2D eigenvalue weighted by molar-refractivity contribution is 0.318. The largest absolute Gasteiger partial charge is 0.491 e. The zero-order valence-electron chi connectivity index (χ0n) is 12.6. The van der Waals surface area contributed by atoms with Crippen molar-refractivity contribution in [1.82, 2.24) is 0 Å². The standard InChI is InChI=1S/C18H22ClNO/c1-3-12-21-18-11-10-15(19)13-17(18)20-16(4-2)14-8-6-5-7-9-14/h5-11,13,16,20H,3-4,12H2,1-2H3. The van der Waals surface area contributed by atoms with E-state index in [1.165, 1.54) is 5.56 Å². The molecular weight excluding hydrogens is 282 g/mol. The fourth-order valence-corrected chi connectivity index (χ4v) is 2.42. The van der Waals surface area contributed by atoms with Crippen molar-refractivity contribution in [1.29, 1.82) is 0 Å². The van der Waals surface area contributed by atoms with Gasteiger partial charge in [0.05, 0.1) is 18.3 Å². The molecule has 0 aliphatic heterocycles. The van der Waals surface area contributed by atoms with Gasteiger partial charge in [0.15, 0.2) is 0 Å². The van der Waals surface area contributed by atoms with Crippen molar-refractivity contribution in [2.45, 2.75) is 32.7 Å². The van der Waals surface area contributed by atoms with Crippen molar-refractivity contribution >= 4 is 17.3 Å². The van der Waals surface area contributed by atoms with Gasteiger partial charge in [0.25, 0.3) is 0 Å². The topological polar surface area (TPSA) is 21.3 Å². The number of benzene rings is 2. The zero-order valence-corrected chi connectivity index (χ0v) is 13.4. The van der Waals surface area contributed by atoms with E-state index in [4.69, 9.17) is 16.3 Å². The van der Waals surface area contributed by atoms with Crippen LogP contribution >= 0.6 is 11.6 Å². The Morgan fingerprint density at radius 2 is 1.86 bits per heavy atom. The number of anilines is 1. The van der Waals surface area contributed by atoms with E-state index in [0.717, 1.165) is 24.3 Å². The molecule has 1 N–H and O–H groups in total. The second-order valence-corrected chi connectivity index (χ2v) is 5.44. The third-order valence-corrected chi connectivity index (χ3v) is 3.58. The van der Waals surface area contributed by atoms with E-state index in [-0.39, 0.29) is 6.04 Å². The molecule has 0 saturated heterocycles. The second kappa shape index (κ2) is 7.94. The van der Waals surface area contributed by atoms with E-state index in [1.807, 2.05) is 24.3 Å². The first-order valence-corrected chi connectivity index (χ1v) is 7.86. The van der Waals surface area contributed by atoms with Crippen molar-refractivity contribution in [3.05, 3.63) is 59.1 Å². The van der Waals surface area contributed by atoms with Crippen LogP contribution in [0.25, 0.3) is 0 Å². The molecule has 2 rings (SSSR count). The van der Waals surface area contributed by atoms with Gasteiger partial charge in [-0.25, -0.2) is 0 Å². The predicted molar refractivity (Wildman–Crippen MR) is 90.3 cm³/mol. The van der Waals surface area contributed by atoms with Crippen LogP contribution in [0.1, 0.15) is 38.3 Å². The number of hydrogen-bond acceptors (Lipinski definition) is 2. The molecule has 21 heavy (non-hydrogen) atoms. The van der Waals surface area contributed by atoms with Crippen molar-refractivity contribution in [3.8, 4) is 5.75 Å². The Bertz CT molecular complexity index is 556. The average Bonchev–Trinajstić information content (AvgIpc) is 2.52. The highest BCUT2D eigenvalue weighted by Crippen LogP contribution is 2.32. The Balaban J connectivity index is 2.22. The van der Waals surface area contributed by atoms with Crippen molar-refractivity contribution < 1.29 is 4.74 Å². The summed E-state index contributed by atoms with van der Waals surface area (Å²) in [6, 6.07) is 16.4. The first-order chi connectivity index (χ1) is 10.2. The molecule has 0 aliphatic rings. The van der Waals surface area contributed by atoms with Gasteiger partial charge in [-0.05, 0) is 36.6 Å². The van der Waals surface area contributed by atoms with Crippen molar-refractivity contribution in [2.75, 3.05) is 11.9 Å². The molecule has 1 unspecified atom stereocenters. The second-order valence-electron chi connectivity index (χ2n) is 5.00. The van der Waals surface area contributed by atoms with E-state index in [1.54, 1.807) is 0 Å². The summed E-state index contributed by atoms with van der Waals surface area (Å²) >= 11 is 6.13. The molecule has 0 spiro atoms. The molecule has 1 atom stereocenters. The number of ether oxygens (including phenoxy) is 1. The van der Waals surface area contributed by atoms with Gasteiger partial charge in [0.1, 0.15) is 5.75 Å². The van der Waals surface area contributed by atoms with Crippen LogP contribution in [0.4, 0.5) is 5.69 Å². The van der Waals surface area contributed by atoms with Crippen LogP contribution in [0, 0.1) is 0 Å². The Hall–Kier alpha value is -1.67. The highest BCUT2D eigenvalue weighted by Gasteiger charge is 2.12. The Morgan fingerprint density at radius 1 is 1.10 bits per heavy atom. The van der Waals surface area contributed by atoms with Crippen molar-refractivity contribution in [2.24, 2.45) is 0 Å². The SMILES string of the molecule is CCCOc1ccc(Cl)cc1NC(CC)c1ccccc1. The molecule has 0 amide bonds. The van der Waals surface area contributed by atoms with Crippen LogP contribution < -0.4 is 10.1 Å².